The summed E-state index contributed by atoms with van der Waals surface area (Å²) in [6, 6.07) is 6.84. The van der Waals surface area contributed by atoms with Crippen LogP contribution in [0.4, 0.5) is 0 Å². The van der Waals surface area contributed by atoms with Gasteiger partial charge in [0.25, 0.3) is 0 Å². The first-order valence-electron chi connectivity index (χ1n) is 3.24. The predicted octanol–water partition coefficient (Wildman–Crippen LogP) is 2.86. The number of carboxylic acid groups (broad SMARTS) is 1. The van der Waals surface area contributed by atoms with Crippen LogP contribution in [0.1, 0.15) is 10.4 Å². The maximum absolute atomic E-state index is 10.5. The fourth-order valence-electron chi connectivity index (χ4n) is 0.814. The SMILES string of the molecule is O=C(O)[C@H](Br)c1ccccc1Cl. The number of benzene rings is 1. The molecule has 0 bridgehead atoms. The van der Waals surface area contributed by atoms with Crippen molar-refractivity contribution in [3.05, 3.63) is 34.9 Å². The lowest BCUT2D eigenvalue weighted by Crippen LogP contribution is -2.04. The molecule has 0 fully saturated rings. The van der Waals surface area contributed by atoms with Crippen molar-refractivity contribution in [2.75, 3.05) is 0 Å². The largest absolute Gasteiger partial charge is 0.480 e. The van der Waals surface area contributed by atoms with E-state index in [4.69, 9.17) is 16.7 Å². The van der Waals surface area contributed by atoms with Crippen molar-refractivity contribution in [1.82, 2.24) is 0 Å². The lowest BCUT2D eigenvalue weighted by Gasteiger charge is -2.05. The normalized spacial score (nSPS) is 12.5. The topological polar surface area (TPSA) is 37.3 Å². The molecule has 64 valence electrons. The Morgan fingerprint density at radius 1 is 1.50 bits per heavy atom. The molecule has 12 heavy (non-hydrogen) atoms. The molecule has 1 atom stereocenters. The molecular formula is C8H6BrClO2. The van der Waals surface area contributed by atoms with Crippen LogP contribution >= 0.6 is 27.5 Å². The minimum absolute atomic E-state index is 0.460. The lowest BCUT2D eigenvalue weighted by atomic mass is 10.1. The average Bonchev–Trinajstić information content (AvgIpc) is 2.04. The van der Waals surface area contributed by atoms with Crippen LogP contribution in [0, 0.1) is 0 Å². The summed E-state index contributed by atoms with van der Waals surface area (Å²) in [4.78, 5) is 9.82. The molecule has 1 N–H and O–H groups in total. The summed E-state index contributed by atoms with van der Waals surface area (Å²) in [5.74, 6) is -0.942. The zero-order chi connectivity index (χ0) is 9.14. The van der Waals surface area contributed by atoms with E-state index in [-0.39, 0.29) is 0 Å². The van der Waals surface area contributed by atoms with Crippen molar-refractivity contribution in [2.45, 2.75) is 4.83 Å². The van der Waals surface area contributed by atoms with Gasteiger partial charge in [-0.2, -0.15) is 0 Å². The molecule has 0 aliphatic carbocycles. The Morgan fingerprint density at radius 3 is 2.58 bits per heavy atom. The Balaban J connectivity index is 3.02. The number of carboxylic acids is 1. The lowest BCUT2D eigenvalue weighted by molar-refractivity contribution is -0.136. The minimum atomic E-state index is -0.942. The summed E-state index contributed by atoms with van der Waals surface area (Å²) >= 11 is 8.79. The second kappa shape index (κ2) is 3.92. The second-order valence-corrected chi connectivity index (χ2v) is 3.55. The van der Waals surface area contributed by atoms with Crippen molar-refractivity contribution in [3.8, 4) is 0 Å². The monoisotopic (exact) mass is 248 g/mol. The van der Waals surface area contributed by atoms with Crippen LogP contribution in [0.25, 0.3) is 0 Å². The highest BCUT2D eigenvalue weighted by molar-refractivity contribution is 9.09. The molecule has 0 saturated carbocycles. The number of hydrogen-bond donors (Lipinski definition) is 1. The molecule has 0 radical (unpaired) electrons. The van der Waals surface area contributed by atoms with Crippen LogP contribution < -0.4 is 0 Å². The third-order valence-corrected chi connectivity index (χ3v) is 2.62. The molecule has 0 aliphatic heterocycles. The zero-order valence-electron chi connectivity index (χ0n) is 6.00. The molecular weight excluding hydrogens is 243 g/mol. The van der Waals surface area contributed by atoms with E-state index in [1.165, 1.54) is 0 Å². The second-order valence-electron chi connectivity index (χ2n) is 2.22. The first-order valence-corrected chi connectivity index (χ1v) is 4.53. The van der Waals surface area contributed by atoms with Crippen LogP contribution in [-0.4, -0.2) is 11.1 Å². The standard InChI is InChI=1S/C8H6BrClO2/c9-7(8(11)12)5-3-1-2-4-6(5)10/h1-4,7H,(H,11,12)/t7-/m1/s1. The smallest absolute Gasteiger partial charge is 0.321 e. The van der Waals surface area contributed by atoms with Crippen molar-refractivity contribution in [2.24, 2.45) is 0 Å². The number of aliphatic carboxylic acids is 1. The van der Waals surface area contributed by atoms with E-state index in [1.54, 1.807) is 24.3 Å². The summed E-state index contributed by atoms with van der Waals surface area (Å²) in [6.45, 7) is 0. The van der Waals surface area contributed by atoms with Gasteiger partial charge >= 0.3 is 5.97 Å². The van der Waals surface area contributed by atoms with E-state index in [2.05, 4.69) is 15.9 Å². The molecule has 2 nitrogen and oxygen atoms in total. The number of alkyl halides is 1. The molecule has 4 heteroatoms. The van der Waals surface area contributed by atoms with Gasteiger partial charge in [-0.1, -0.05) is 45.7 Å². The van der Waals surface area contributed by atoms with Crippen molar-refractivity contribution in [3.63, 3.8) is 0 Å². The van der Waals surface area contributed by atoms with E-state index in [0.717, 1.165) is 0 Å². The highest BCUT2D eigenvalue weighted by Crippen LogP contribution is 2.28. The maximum atomic E-state index is 10.5. The van der Waals surface area contributed by atoms with Crippen molar-refractivity contribution >= 4 is 33.5 Å². The summed E-state index contributed by atoms with van der Waals surface area (Å²) in [5, 5.41) is 9.11. The summed E-state index contributed by atoms with van der Waals surface area (Å²) in [5.41, 5.74) is 0.576. The quantitative estimate of drug-likeness (QED) is 0.818. The van der Waals surface area contributed by atoms with Crippen LogP contribution in [0.5, 0.6) is 0 Å². The van der Waals surface area contributed by atoms with Crippen LogP contribution in [0.2, 0.25) is 5.02 Å². The summed E-state index contributed by atoms with van der Waals surface area (Å²) < 4.78 is 0. The van der Waals surface area contributed by atoms with E-state index in [9.17, 15) is 4.79 Å². The molecule has 0 saturated heterocycles. The first-order chi connectivity index (χ1) is 5.63. The zero-order valence-corrected chi connectivity index (χ0v) is 8.34. The van der Waals surface area contributed by atoms with Crippen LogP contribution in [-0.2, 0) is 4.79 Å². The summed E-state index contributed by atoms with van der Waals surface area (Å²) in [6.07, 6.45) is 0. The Hall–Kier alpha value is -0.540. The van der Waals surface area contributed by atoms with Gasteiger partial charge < -0.3 is 5.11 Å². The fraction of sp³-hybridized carbons (Fsp3) is 0.125. The van der Waals surface area contributed by atoms with Gasteiger partial charge in [-0.15, -0.1) is 0 Å². The van der Waals surface area contributed by atoms with Gasteiger partial charge in [0, 0.05) is 5.02 Å². The molecule has 0 unspecified atom stereocenters. The van der Waals surface area contributed by atoms with Gasteiger partial charge in [0.2, 0.25) is 0 Å². The molecule has 0 spiro atoms. The van der Waals surface area contributed by atoms with Gasteiger partial charge in [-0.05, 0) is 11.6 Å². The predicted molar refractivity (Wildman–Crippen MR) is 50.8 cm³/mol. The van der Waals surface area contributed by atoms with Gasteiger partial charge in [-0.25, -0.2) is 0 Å². The van der Waals surface area contributed by atoms with Crippen molar-refractivity contribution < 1.29 is 9.90 Å². The van der Waals surface area contributed by atoms with E-state index < -0.39 is 10.8 Å². The van der Waals surface area contributed by atoms with Crippen LogP contribution in [0.3, 0.4) is 0 Å². The number of rotatable bonds is 2. The third-order valence-electron chi connectivity index (χ3n) is 1.40. The molecule has 1 aromatic carbocycles. The Labute approximate surface area is 83.3 Å². The number of hydrogen-bond acceptors (Lipinski definition) is 1. The molecule has 0 aliphatic rings. The van der Waals surface area contributed by atoms with E-state index >= 15 is 0 Å². The van der Waals surface area contributed by atoms with Gasteiger partial charge in [-0.3, -0.25) is 4.79 Å². The minimum Gasteiger partial charge on any atom is -0.480 e. The third kappa shape index (κ3) is 1.99. The Bertz CT molecular complexity index is 301. The molecule has 1 rings (SSSR count). The van der Waals surface area contributed by atoms with Gasteiger partial charge in [0.15, 0.2) is 0 Å². The Kier molecular flexibility index (Phi) is 3.12. The number of halogens is 2. The summed E-state index contributed by atoms with van der Waals surface area (Å²) in [7, 11) is 0. The van der Waals surface area contributed by atoms with Gasteiger partial charge in [0.05, 0.1) is 0 Å². The van der Waals surface area contributed by atoms with E-state index in [1.807, 2.05) is 0 Å². The molecule has 0 aromatic heterocycles. The Morgan fingerprint density at radius 2 is 2.08 bits per heavy atom. The average molecular weight is 249 g/mol. The van der Waals surface area contributed by atoms with Crippen LogP contribution in [0.15, 0.2) is 24.3 Å². The first kappa shape index (κ1) is 9.55. The fourth-order valence-corrected chi connectivity index (χ4v) is 1.59. The highest BCUT2D eigenvalue weighted by atomic mass is 79.9. The number of carbonyl (C=O) groups is 1. The van der Waals surface area contributed by atoms with Gasteiger partial charge in [0.1, 0.15) is 4.83 Å². The maximum Gasteiger partial charge on any atom is 0.321 e. The molecule has 1 aromatic rings. The molecule has 0 amide bonds. The highest BCUT2D eigenvalue weighted by Gasteiger charge is 2.17. The molecule has 0 heterocycles. The van der Waals surface area contributed by atoms with Crippen molar-refractivity contribution in [1.29, 1.82) is 0 Å². The van der Waals surface area contributed by atoms with E-state index in [0.29, 0.717) is 10.6 Å².